The molecule has 0 spiro atoms. The molecule has 0 rings (SSSR count). The Morgan fingerprint density at radius 1 is 0.778 bits per heavy atom. The van der Waals surface area contributed by atoms with Crippen LogP contribution in [0.3, 0.4) is 0 Å². The van der Waals surface area contributed by atoms with Crippen molar-refractivity contribution in [2.24, 2.45) is 0 Å². The van der Waals surface area contributed by atoms with Crippen LogP contribution in [0.5, 0.6) is 0 Å². The van der Waals surface area contributed by atoms with Crippen molar-refractivity contribution in [3.63, 3.8) is 0 Å². The van der Waals surface area contributed by atoms with Gasteiger partial charge in [-0.2, -0.15) is 0 Å². The van der Waals surface area contributed by atoms with Gasteiger partial charge in [0.15, 0.2) is 0 Å². The largest absolute Gasteiger partial charge is 0.0990 e. The van der Waals surface area contributed by atoms with Crippen LogP contribution in [-0.2, 0) is 0 Å². The molecule has 0 atom stereocenters. The molecule has 0 aromatic rings. The van der Waals surface area contributed by atoms with Crippen LogP contribution < -0.4 is 0 Å². The molecule has 0 bridgehead atoms. The first-order valence-corrected chi connectivity index (χ1v) is 6.21. The van der Waals surface area contributed by atoms with Gasteiger partial charge in [-0.15, -0.1) is 0 Å². The smallest absolute Gasteiger partial charge is 0.0188 e. The molecule has 0 aliphatic rings. The van der Waals surface area contributed by atoms with E-state index in [9.17, 15) is 0 Å². The summed E-state index contributed by atoms with van der Waals surface area (Å²) in [5, 5.41) is 0. The third-order valence-corrected chi connectivity index (χ3v) is 1.49. The van der Waals surface area contributed by atoms with Gasteiger partial charge >= 0.3 is 0 Å². The minimum absolute atomic E-state index is 0. The maximum atomic E-state index is 3.74. The first kappa shape index (κ1) is 25.3. The van der Waals surface area contributed by atoms with Crippen molar-refractivity contribution in [1.82, 2.24) is 0 Å². The number of rotatable bonds is 5. The molecular weight excluding hydrogens is 216 g/mol. The Morgan fingerprint density at radius 2 is 1.17 bits per heavy atom. The van der Waals surface area contributed by atoms with Gasteiger partial charge in [0.25, 0.3) is 0 Å². The summed E-state index contributed by atoms with van der Waals surface area (Å²) in [5.41, 5.74) is 2.14. The third kappa shape index (κ3) is 14.4. The highest BCUT2D eigenvalue weighted by Gasteiger charge is 1.93. The van der Waals surface area contributed by atoms with Crippen LogP contribution in [0.2, 0.25) is 0 Å². The molecule has 0 aromatic heterocycles. The Labute approximate surface area is 116 Å². The quantitative estimate of drug-likeness (QED) is 0.477. The van der Waals surface area contributed by atoms with Crippen molar-refractivity contribution in [1.29, 1.82) is 0 Å². The second-order valence-electron chi connectivity index (χ2n) is 2.42. The highest BCUT2D eigenvalue weighted by atomic mass is 14.0. The molecule has 0 aliphatic carbocycles. The van der Waals surface area contributed by atoms with Gasteiger partial charge in [-0.3, -0.25) is 0 Å². The van der Waals surface area contributed by atoms with E-state index in [2.05, 4.69) is 19.7 Å². The van der Waals surface area contributed by atoms with Crippen molar-refractivity contribution in [2.75, 3.05) is 0 Å². The van der Waals surface area contributed by atoms with E-state index < -0.39 is 0 Å². The lowest BCUT2D eigenvalue weighted by molar-refractivity contribution is 1.50. The van der Waals surface area contributed by atoms with Crippen molar-refractivity contribution in [2.45, 2.75) is 42.0 Å². The Balaban J connectivity index is -0.000000177. The summed E-state index contributed by atoms with van der Waals surface area (Å²) in [6.45, 7) is 21.0. The van der Waals surface area contributed by atoms with Crippen molar-refractivity contribution in [3.05, 3.63) is 73.4 Å². The lowest BCUT2D eigenvalue weighted by Crippen LogP contribution is -1.81. The zero-order valence-electron chi connectivity index (χ0n) is 12.2. The van der Waals surface area contributed by atoms with Crippen molar-refractivity contribution in [3.8, 4) is 0 Å². The molecule has 0 fully saturated rings. The molecule has 0 saturated carbocycles. The summed E-state index contributed by atoms with van der Waals surface area (Å²) >= 11 is 0. The van der Waals surface area contributed by atoms with Gasteiger partial charge in [-0.25, -0.2) is 0 Å². The summed E-state index contributed by atoms with van der Waals surface area (Å²) in [6, 6.07) is 0. The van der Waals surface area contributed by atoms with Gasteiger partial charge in [-0.1, -0.05) is 97.4 Å². The van der Waals surface area contributed by atoms with Gasteiger partial charge in [-0.05, 0) is 18.1 Å². The lowest BCUT2D eigenvalue weighted by atomic mass is 10.0. The van der Waals surface area contributed by atoms with Gasteiger partial charge in [0.05, 0.1) is 0 Å². The molecule has 0 aliphatic heterocycles. The molecular formula is C18H32. The van der Waals surface area contributed by atoms with Crippen LogP contribution in [0, 0.1) is 0 Å². The Kier molecular flexibility index (Phi) is 34.6. The van der Waals surface area contributed by atoms with Gasteiger partial charge in [0.2, 0.25) is 0 Å². The van der Waals surface area contributed by atoms with E-state index in [0.717, 1.165) is 11.1 Å². The van der Waals surface area contributed by atoms with Crippen molar-refractivity contribution < 1.29 is 0 Å². The van der Waals surface area contributed by atoms with E-state index in [1.165, 1.54) is 0 Å². The fourth-order valence-electron chi connectivity index (χ4n) is 0.964. The van der Waals surface area contributed by atoms with E-state index in [4.69, 9.17) is 0 Å². The van der Waals surface area contributed by atoms with E-state index in [0.29, 0.717) is 0 Å². The number of allylic oxidation sites excluding steroid dienone is 9. The number of hydrogen-bond donors (Lipinski definition) is 0. The maximum absolute atomic E-state index is 3.74. The van der Waals surface area contributed by atoms with Crippen LogP contribution in [0.15, 0.2) is 73.4 Å². The molecule has 0 amide bonds. The molecule has 0 nitrogen and oxygen atoms in total. The predicted molar refractivity (Wildman–Crippen MR) is 91.0 cm³/mol. The lowest BCUT2D eigenvalue weighted by Gasteiger charge is -2.00. The normalized spacial score (nSPS) is 10.1. The molecule has 18 heavy (non-hydrogen) atoms. The summed E-state index contributed by atoms with van der Waals surface area (Å²) in [4.78, 5) is 0. The summed E-state index contributed by atoms with van der Waals surface area (Å²) in [6.07, 6.45) is 13.2. The zero-order chi connectivity index (χ0) is 14.1. The molecule has 0 heterocycles. The highest BCUT2D eigenvalue weighted by Crippen LogP contribution is 2.12. The van der Waals surface area contributed by atoms with E-state index >= 15 is 0 Å². The van der Waals surface area contributed by atoms with Gasteiger partial charge in [0, 0.05) is 0 Å². The Hall–Kier alpha value is -1.56. The second kappa shape index (κ2) is 24.6. The van der Waals surface area contributed by atoms with E-state index in [1.807, 2.05) is 58.9 Å². The SMILES string of the molecule is C.C=C\C=C(C=C)/C(/C=C\C)=C\C=C.CC.CC. The first-order chi connectivity index (χ1) is 8.29. The van der Waals surface area contributed by atoms with E-state index in [-0.39, 0.29) is 7.43 Å². The average molecular weight is 248 g/mol. The molecule has 0 unspecified atom stereocenters. The van der Waals surface area contributed by atoms with Crippen LogP contribution >= 0.6 is 0 Å². The first-order valence-electron chi connectivity index (χ1n) is 6.21. The standard InChI is InChI=1S/C13H16.2C2H6.CH4/c1-5-9-12(8-4)13(10-6-2)11-7-3;2*1-2;/h5-11H,1-2,4H2,3H3;2*1-2H3;1H4/b11-7-,12-9-,13-10-;;;. The van der Waals surface area contributed by atoms with Crippen LogP contribution in [-0.4, -0.2) is 0 Å². The average Bonchev–Trinajstić information content (AvgIpc) is 2.40. The highest BCUT2D eigenvalue weighted by molar-refractivity contribution is 5.48. The van der Waals surface area contributed by atoms with E-state index in [1.54, 1.807) is 18.2 Å². The topological polar surface area (TPSA) is 0 Å². The summed E-state index contributed by atoms with van der Waals surface area (Å²) in [7, 11) is 0. The monoisotopic (exact) mass is 248 g/mol. The fraction of sp³-hybridized carbons (Fsp3) is 0.333. The molecule has 0 heteroatoms. The van der Waals surface area contributed by atoms with Crippen LogP contribution in [0.4, 0.5) is 0 Å². The fourth-order valence-corrected chi connectivity index (χ4v) is 0.964. The molecule has 0 saturated heterocycles. The molecule has 0 aromatic carbocycles. The zero-order valence-corrected chi connectivity index (χ0v) is 12.2. The minimum Gasteiger partial charge on any atom is -0.0990 e. The Bertz CT molecular complexity index is 272. The Morgan fingerprint density at radius 3 is 1.44 bits per heavy atom. The summed E-state index contributed by atoms with van der Waals surface area (Å²) < 4.78 is 0. The van der Waals surface area contributed by atoms with Crippen molar-refractivity contribution >= 4 is 0 Å². The summed E-state index contributed by atoms with van der Waals surface area (Å²) in [5.74, 6) is 0. The van der Waals surface area contributed by atoms with Crippen LogP contribution in [0.1, 0.15) is 42.0 Å². The van der Waals surface area contributed by atoms with Gasteiger partial charge < -0.3 is 0 Å². The third-order valence-electron chi connectivity index (χ3n) is 1.49. The molecule has 104 valence electrons. The molecule has 0 radical (unpaired) electrons. The number of hydrogen-bond acceptors (Lipinski definition) is 0. The van der Waals surface area contributed by atoms with Crippen LogP contribution in [0.25, 0.3) is 0 Å². The predicted octanol–water partition coefficient (Wildman–Crippen LogP) is 6.66. The second-order valence-corrected chi connectivity index (χ2v) is 2.42. The molecule has 0 N–H and O–H groups in total. The van der Waals surface area contributed by atoms with Gasteiger partial charge in [0.1, 0.15) is 0 Å². The maximum Gasteiger partial charge on any atom is -0.0188 e. The minimum atomic E-state index is 0.